The second-order valence-electron chi connectivity index (χ2n) is 2.62. The molecule has 0 bridgehead atoms. The molecule has 3 N–H and O–H groups in total. The summed E-state index contributed by atoms with van der Waals surface area (Å²) < 4.78 is 0.804. The molecule has 0 atom stereocenters. The van der Waals surface area contributed by atoms with E-state index in [1.807, 2.05) is 6.07 Å². The molecule has 0 aliphatic carbocycles. The van der Waals surface area contributed by atoms with Gasteiger partial charge in [0, 0.05) is 4.47 Å². The molecule has 1 amide bonds. The maximum absolute atomic E-state index is 11.0. The topological polar surface area (TPSA) is 71.8 Å². The summed E-state index contributed by atoms with van der Waals surface area (Å²) in [6.45, 7) is 0. The Bertz CT molecular complexity index is 477. The number of hydrogen-bond acceptors (Lipinski definition) is 2. The Balaban J connectivity index is 2.84. The molecule has 66 valence electrons. The molecular formula is C8H6BrN3O. The number of amides is 1. The summed E-state index contributed by atoms with van der Waals surface area (Å²) in [4.78, 5) is 17.9. The van der Waals surface area contributed by atoms with Crippen molar-refractivity contribution in [1.29, 1.82) is 0 Å². The molecule has 0 saturated heterocycles. The Kier molecular flexibility index (Phi) is 1.81. The van der Waals surface area contributed by atoms with Crippen LogP contribution >= 0.6 is 15.9 Å². The van der Waals surface area contributed by atoms with Gasteiger partial charge in [0.15, 0.2) is 0 Å². The highest BCUT2D eigenvalue weighted by atomic mass is 79.9. The van der Waals surface area contributed by atoms with E-state index in [2.05, 4.69) is 25.9 Å². The number of carbonyl (C=O) groups is 1. The van der Waals surface area contributed by atoms with E-state index in [9.17, 15) is 4.79 Å². The zero-order chi connectivity index (χ0) is 9.42. The Morgan fingerprint density at radius 2 is 2.31 bits per heavy atom. The number of fused-ring (bicyclic) bond motifs is 1. The lowest BCUT2D eigenvalue weighted by atomic mass is 10.2. The molecule has 1 heterocycles. The van der Waals surface area contributed by atoms with Gasteiger partial charge in [-0.15, -0.1) is 0 Å². The molecular weight excluding hydrogens is 234 g/mol. The van der Waals surface area contributed by atoms with Crippen molar-refractivity contribution in [2.75, 3.05) is 0 Å². The standard InChI is InChI=1S/C8H6BrN3O/c9-4-1-5(8(10)13)7-6(2-4)11-3-12-7/h1-3H,(H2,10,13)(H,11,12). The van der Waals surface area contributed by atoms with Crippen molar-refractivity contribution in [3.05, 3.63) is 28.5 Å². The van der Waals surface area contributed by atoms with Gasteiger partial charge < -0.3 is 10.7 Å². The smallest absolute Gasteiger partial charge is 0.251 e. The molecule has 5 heteroatoms. The van der Waals surface area contributed by atoms with Crippen LogP contribution < -0.4 is 5.73 Å². The van der Waals surface area contributed by atoms with Gasteiger partial charge in [-0.05, 0) is 12.1 Å². The Hall–Kier alpha value is -1.36. The molecule has 0 unspecified atom stereocenters. The number of nitrogens with zero attached hydrogens (tertiary/aromatic N) is 1. The van der Waals surface area contributed by atoms with Gasteiger partial charge in [0.05, 0.1) is 17.4 Å². The second-order valence-corrected chi connectivity index (χ2v) is 3.53. The van der Waals surface area contributed by atoms with Gasteiger partial charge in [0.2, 0.25) is 0 Å². The summed E-state index contributed by atoms with van der Waals surface area (Å²) in [7, 11) is 0. The molecule has 1 aromatic carbocycles. The molecule has 4 nitrogen and oxygen atoms in total. The summed E-state index contributed by atoms with van der Waals surface area (Å²) in [6.07, 6.45) is 1.53. The van der Waals surface area contributed by atoms with Crippen molar-refractivity contribution < 1.29 is 4.79 Å². The predicted octanol–water partition coefficient (Wildman–Crippen LogP) is 1.42. The third-order valence-electron chi connectivity index (χ3n) is 1.75. The first-order valence-corrected chi connectivity index (χ1v) is 4.40. The molecule has 13 heavy (non-hydrogen) atoms. The molecule has 2 aromatic rings. The lowest BCUT2D eigenvalue weighted by molar-refractivity contribution is 0.100. The minimum Gasteiger partial charge on any atom is -0.366 e. The Morgan fingerprint density at radius 1 is 1.54 bits per heavy atom. The lowest BCUT2D eigenvalue weighted by Crippen LogP contribution is -2.11. The summed E-state index contributed by atoms with van der Waals surface area (Å²) in [5.74, 6) is -0.474. The second kappa shape index (κ2) is 2.85. The first-order valence-electron chi connectivity index (χ1n) is 3.61. The third kappa shape index (κ3) is 1.31. The van der Waals surface area contributed by atoms with Gasteiger partial charge in [0.25, 0.3) is 5.91 Å². The van der Waals surface area contributed by atoms with E-state index < -0.39 is 5.91 Å². The van der Waals surface area contributed by atoms with E-state index in [0.717, 1.165) is 9.99 Å². The summed E-state index contributed by atoms with van der Waals surface area (Å²) >= 11 is 3.28. The fraction of sp³-hybridized carbons (Fsp3) is 0. The number of aromatic nitrogens is 2. The summed E-state index contributed by atoms with van der Waals surface area (Å²) in [6, 6.07) is 3.50. The fourth-order valence-corrected chi connectivity index (χ4v) is 1.66. The Labute approximate surface area is 82.3 Å². The van der Waals surface area contributed by atoms with Crippen LogP contribution in [-0.4, -0.2) is 15.9 Å². The number of hydrogen-bond donors (Lipinski definition) is 2. The zero-order valence-corrected chi connectivity index (χ0v) is 8.13. The van der Waals surface area contributed by atoms with Gasteiger partial charge in [-0.2, -0.15) is 0 Å². The fourth-order valence-electron chi connectivity index (χ4n) is 1.20. The van der Waals surface area contributed by atoms with Crippen LogP contribution in [0.4, 0.5) is 0 Å². The summed E-state index contributed by atoms with van der Waals surface area (Å²) in [5, 5.41) is 0. The monoisotopic (exact) mass is 239 g/mol. The van der Waals surface area contributed by atoms with Gasteiger partial charge >= 0.3 is 0 Å². The highest BCUT2D eigenvalue weighted by molar-refractivity contribution is 9.10. The number of imidazole rings is 1. The number of H-pyrrole nitrogens is 1. The summed E-state index contributed by atoms with van der Waals surface area (Å²) in [5.41, 5.74) is 7.02. The number of primary amides is 1. The molecule has 0 spiro atoms. The van der Waals surface area contributed by atoms with Crippen molar-refractivity contribution in [3.63, 3.8) is 0 Å². The predicted molar refractivity (Wildman–Crippen MR) is 52.3 cm³/mol. The van der Waals surface area contributed by atoms with Crippen LogP contribution in [0, 0.1) is 0 Å². The van der Waals surface area contributed by atoms with Gasteiger partial charge in [0.1, 0.15) is 5.52 Å². The van der Waals surface area contributed by atoms with Crippen LogP contribution in [0.5, 0.6) is 0 Å². The number of halogens is 1. The van der Waals surface area contributed by atoms with Crippen LogP contribution in [0.25, 0.3) is 11.0 Å². The van der Waals surface area contributed by atoms with Crippen LogP contribution in [-0.2, 0) is 0 Å². The van der Waals surface area contributed by atoms with Crippen molar-refractivity contribution in [2.24, 2.45) is 5.73 Å². The number of benzene rings is 1. The molecule has 0 radical (unpaired) electrons. The molecule has 2 rings (SSSR count). The van der Waals surface area contributed by atoms with Crippen LogP contribution in [0.1, 0.15) is 10.4 Å². The maximum Gasteiger partial charge on any atom is 0.251 e. The Morgan fingerprint density at radius 3 is 3.00 bits per heavy atom. The van der Waals surface area contributed by atoms with E-state index >= 15 is 0 Å². The first-order chi connectivity index (χ1) is 6.18. The van der Waals surface area contributed by atoms with E-state index in [4.69, 9.17) is 5.73 Å². The average molecular weight is 240 g/mol. The van der Waals surface area contributed by atoms with E-state index in [0.29, 0.717) is 11.1 Å². The highest BCUT2D eigenvalue weighted by Crippen LogP contribution is 2.20. The maximum atomic E-state index is 11.0. The zero-order valence-electron chi connectivity index (χ0n) is 6.54. The molecule has 0 aliphatic heterocycles. The number of nitrogens with two attached hydrogens (primary N) is 1. The average Bonchev–Trinajstić information content (AvgIpc) is 2.49. The third-order valence-corrected chi connectivity index (χ3v) is 2.21. The van der Waals surface area contributed by atoms with E-state index in [1.165, 1.54) is 6.33 Å². The van der Waals surface area contributed by atoms with Gasteiger partial charge in [-0.3, -0.25) is 4.79 Å². The molecule has 0 aliphatic rings. The van der Waals surface area contributed by atoms with Crippen LogP contribution in [0.2, 0.25) is 0 Å². The lowest BCUT2D eigenvalue weighted by Gasteiger charge is -1.97. The van der Waals surface area contributed by atoms with E-state index in [1.54, 1.807) is 6.07 Å². The van der Waals surface area contributed by atoms with Crippen molar-refractivity contribution >= 4 is 32.9 Å². The first kappa shape index (κ1) is 8.25. The van der Waals surface area contributed by atoms with Crippen LogP contribution in [0.15, 0.2) is 22.9 Å². The largest absolute Gasteiger partial charge is 0.366 e. The van der Waals surface area contributed by atoms with Crippen molar-refractivity contribution in [3.8, 4) is 0 Å². The molecule has 0 saturated carbocycles. The van der Waals surface area contributed by atoms with E-state index in [-0.39, 0.29) is 0 Å². The van der Waals surface area contributed by atoms with Crippen molar-refractivity contribution in [2.45, 2.75) is 0 Å². The van der Waals surface area contributed by atoms with Crippen LogP contribution in [0.3, 0.4) is 0 Å². The number of rotatable bonds is 1. The normalized spacial score (nSPS) is 10.5. The number of aromatic amines is 1. The quantitative estimate of drug-likeness (QED) is 0.791. The molecule has 1 aromatic heterocycles. The van der Waals surface area contributed by atoms with Crippen molar-refractivity contribution in [1.82, 2.24) is 9.97 Å². The highest BCUT2D eigenvalue weighted by Gasteiger charge is 2.09. The van der Waals surface area contributed by atoms with Gasteiger partial charge in [-0.25, -0.2) is 4.98 Å². The SMILES string of the molecule is NC(=O)c1cc(Br)cc2[nH]cnc12. The minimum atomic E-state index is -0.474. The number of carbonyl (C=O) groups excluding carboxylic acids is 1. The molecule has 0 fully saturated rings. The number of nitrogens with one attached hydrogen (secondary N) is 1. The van der Waals surface area contributed by atoms with Gasteiger partial charge in [-0.1, -0.05) is 15.9 Å². The minimum absolute atomic E-state index is 0.422.